The van der Waals surface area contributed by atoms with Gasteiger partial charge in [0.15, 0.2) is 11.6 Å². The Morgan fingerprint density at radius 2 is 1.21 bits per heavy atom. The van der Waals surface area contributed by atoms with Gasteiger partial charge in [0.2, 0.25) is 11.7 Å². The molecule has 0 radical (unpaired) electrons. The summed E-state index contributed by atoms with van der Waals surface area (Å²) in [7, 11) is 4.35. The number of hydrogen-bond acceptors (Lipinski definition) is 18. The van der Waals surface area contributed by atoms with E-state index < -0.39 is 0 Å². The number of aromatic nitrogens is 5. The number of hydrogen-bond donors (Lipinski definition) is 6. The molecule has 6 aromatic rings. The van der Waals surface area contributed by atoms with Crippen molar-refractivity contribution in [2.24, 2.45) is 0 Å². The van der Waals surface area contributed by atoms with Gasteiger partial charge in [-0.05, 0) is 72.1 Å². The van der Waals surface area contributed by atoms with Crippen LogP contribution in [0.2, 0.25) is 0 Å². The van der Waals surface area contributed by atoms with E-state index in [0.717, 1.165) is 0 Å². The van der Waals surface area contributed by atoms with Gasteiger partial charge in [0, 0.05) is 35.3 Å². The quantitative estimate of drug-likeness (QED) is 0.0839. The molecule has 0 amide bonds. The molecule has 0 unspecified atom stereocenters. The van der Waals surface area contributed by atoms with Crippen LogP contribution in [0.4, 0.5) is 17.6 Å². The average Bonchev–Trinajstić information content (AvgIpc) is 3.70. The summed E-state index contributed by atoms with van der Waals surface area (Å²) in [6.45, 7) is 0.677. The topological polar surface area (TPSA) is 328 Å². The largest absolute Gasteiger partial charge is 0.495 e. The number of benzene rings is 3. The van der Waals surface area contributed by atoms with E-state index in [-0.39, 0.29) is 48.2 Å². The summed E-state index contributed by atoms with van der Waals surface area (Å²) in [5.74, 6) is 2.22. The number of nitrogens with two attached hydrogens (primary N) is 3. The van der Waals surface area contributed by atoms with E-state index in [0.29, 0.717) is 84.9 Å². The number of carbonyl (C=O) groups excluding carboxylic acids is 2. The zero-order valence-corrected chi connectivity index (χ0v) is 34.8. The minimum absolute atomic E-state index is 0.150. The molecule has 0 aliphatic heterocycles. The predicted octanol–water partition coefficient (Wildman–Crippen LogP) is 3.89. The molecule has 19 nitrogen and oxygen atoms in total. The summed E-state index contributed by atoms with van der Waals surface area (Å²) < 4.78 is 16.8. The maximum atomic E-state index is 11.6. The maximum absolute atomic E-state index is 11.6. The number of halogens is 1. The van der Waals surface area contributed by atoms with Crippen molar-refractivity contribution in [2.75, 3.05) is 43.9 Å². The zero-order valence-electron chi connectivity index (χ0n) is 33.2. The highest BCUT2D eigenvalue weighted by Crippen LogP contribution is 2.31. The molecule has 20 heteroatoms. The number of ketones is 2. The van der Waals surface area contributed by atoms with Gasteiger partial charge in [0.25, 0.3) is 0 Å². The van der Waals surface area contributed by atoms with E-state index in [2.05, 4.69) is 41.9 Å². The number of carbonyl (C=O) groups is 2. The number of imidazole rings is 1. The third kappa shape index (κ3) is 12.4. The second kappa shape index (κ2) is 23.1. The Balaban J connectivity index is 0.000000228. The van der Waals surface area contributed by atoms with Crippen molar-refractivity contribution < 1.29 is 39.1 Å². The molecule has 9 N–H and O–H groups in total. The molecule has 314 valence electrons. The highest BCUT2D eigenvalue weighted by atomic mass is 79.9. The summed E-state index contributed by atoms with van der Waals surface area (Å²) in [6.07, 6.45) is 5.03. The van der Waals surface area contributed by atoms with Crippen LogP contribution in [0.3, 0.4) is 0 Å². The van der Waals surface area contributed by atoms with Gasteiger partial charge in [0.1, 0.15) is 47.1 Å². The van der Waals surface area contributed by atoms with Gasteiger partial charge in [-0.2, -0.15) is 25.8 Å². The molecule has 0 fully saturated rings. The first-order valence-corrected chi connectivity index (χ1v) is 18.6. The van der Waals surface area contributed by atoms with Gasteiger partial charge in [-0.1, -0.05) is 15.9 Å². The number of nitriles is 3. The van der Waals surface area contributed by atoms with Crippen LogP contribution in [0, 0.1) is 34.0 Å². The normalized spacial score (nSPS) is 9.85. The molecule has 3 aromatic heterocycles. The highest BCUT2D eigenvalue weighted by Gasteiger charge is 2.17. The fraction of sp³-hybridized carbons (Fsp3) is 0.195. The van der Waals surface area contributed by atoms with E-state index in [4.69, 9.17) is 52.1 Å². The van der Waals surface area contributed by atoms with E-state index in [1.54, 1.807) is 41.1 Å². The molecule has 0 aliphatic rings. The van der Waals surface area contributed by atoms with E-state index >= 15 is 0 Å². The summed E-state index contributed by atoms with van der Waals surface area (Å²) in [4.78, 5) is 38.6. The van der Waals surface area contributed by atoms with Crippen LogP contribution in [0.5, 0.6) is 17.2 Å². The molecule has 0 spiro atoms. The van der Waals surface area contributed by atoms with Crippen LogP contribution in [0.25, 0.3) is 17.0 Å². The number of nitrogens with zero attached hydrogens (tertiary/aromatic N) is 8. The Labute approximate surface area is 358 Å². The van der Waals surface area contributed by atoms with Crippen molar-refractivity contribution in [3.63, 3.8) is 0 Å². The highest BCUT2D eigenvalue weighted by molar-refractivity contribution is 9.09. The van der Waals surface area contributed by atoms with Crippen LogP contribution < -0.4 is 31.4 Å². The van der Waals surface area contributed by atoms with Gasteiger partial charge < -0.3 is 46.7 Å². The predicted molar refractivity (Wildman–Crippen MR) is 226 cm³/mol. The zero-order chi connectivity index (χ0) is 45.2. The van der Waals surface area contributed by atoms with Crippen LogP contribution in [-0.4, -0.2) is 77.9 Å². The smallest absolute Gasteiger partial charge is 0.236 e. The number of ether oxygens (including phenoxy) is 3. The second-order valence-corrected chi connectivity index (χ2v) is 12.6. The van der Waals surface area contributed by atoms with Crippen molar-refractivity contribution >= 4 is 50.9 Å². The molecule has 61 heavy (non-hydrogen) atoms. The van der Waals surface area contributed by atoms with Crippen LogP contribution in [0.15, 0.2) is 67.1 Å². The number of methoxy groups -OCH3 is 3. The number of aliphatic hydroxyl groups excluding tert-OH is 3. The third-order valence-electron chi connectivity index (χ3n) is 8.27. The lowest BCUT2D eigenvalue weighted by atomic mass is 10.0. The Bertz CT molecular complexity index is 2630. The number of alkyl halides is 1. The first kappa shape index (κ1) is 47.7. The summed E-state index contributed by atoms with van der Waals surface area (Å²) in [6, 6.07) is 18.4. The first-order valence-electron chi connectivity index (χ1n) is 17.5. The Morgan fingerprint density at radius 1 is 0.721 bits per heavy atom. The summed E-state index contributed by atoms with van der Waals surface area (Å²) in [5, 5.41) is 54.8. The number of rotatable bonds is 10. The van der Waals surface area contributed by atoms with Crippen LogP contribution >= 0.6 is 15.9 Å². The molecule has 0 saturated carbocycles. The lowest BCUT2D eigenvalue weighted by Gasteiger charge is -2.09. The molecular weight excluding hydrogens is 854 g/mol. The van der Waals surface area contributed by atoms with Crippen molar-refractivity contribution in [1.29, 1.82) is 15.8 Å². The van der Waals surface area contributed by atoms with Crippen molar-refractivity contribution in [2.45, 2.75) is 26.7 Å². The lowest BCUT2D eigenvalue weighted by molar-refractivity contribution is 0.100. The number of nitrogen functional groups attached to an aromatic ring is 3. The lowest BCUT2D eigenvalue weighted by Crippen LogP contribution is -2.06. The Kier molecular flexibility index (Phi) is 18.0. The summed E-state index contributed by atoms with van der Waals surface area (Å²) in [5.41, 5.74) is 20.5. The van der Waals surface area contributed by atoms with Crippen LogP contribution in [0.1, 0.15) is 61.0 Å². The van der Waals surface area contributed by atoms with Gasteiger partial charge in [0.05, 0.1) is 68.9 Å². The molecular formula is C41H40BrN11O8. The maximum Gasteiger partial charge on any atom is 0.236 e. The Hall–Kier alpha value is -7.67. The van der Waals surface area contributed by atoms with Gasteiger partial charge in [-0.15, -0.1) is 0 Å². The average molecular weight is 895 g/mol. The van der Waals surface area contributed by atoms with E-state index in [1.807, 2.05) is 12.1 Å². The minimum atomic E-state index is -0.268. The third-order valence-corrected chi connectivity index (χ3v) is 8.78. The minimum Gasteiger partial charge on any atom is -0.495 e. The first-order chi connectivity index (χ1) is 29.2. The fourth-order valence-electron chi connectivity index (χ4n) is 5.33. The molecule has 0 saturated heterocycles. The van der Waals surface area contributed by atoms with E-state index in [1.165, 1.54) is 58.7 Å². The van der Waals surface area contributed by atoms with Crippen molar-refractivity contribution in [3.8, 4) is 46.7 Å². The molecule has 0 atom stereocenters. The Morgan fingerprint density at radius 3 is 1.66 bits per heavy atom. The molecule has 6 rings (SSSR count). The molecule has 3 aromatic carbocycles. The fourth-order valence-corrected chi connectivity index (χ4v) is 5.63. The van der Waals surface area contributed by atoms with Gasteiger partial charge in [-0.25, -0.2) is 9.97 Å². The monoisotopic (exact) mass is 893 g/mol. The number of fused-ring (bicyclic) bond motifs is 1. The number of anilines is 3. The molecule has 0 bridgehead atoms. The van der Waals surface area contributed by atoms with Gasteiger partial charge in [-0.3, -0.25) is 14.0 Å². The van der Waals surface area contributed by atoms with Crippen molar-refractivity contribution in [1.82, 2.24) is 24.3 Å². The number of Topliss-reactive ketones (excluding diaryl/α,β-unsaturated/α-hetero) is 2. The second-order valence-electron chi connectivity index (χ2n) is 12.1. The summed E-state index contributed by atoms with van der Waals surface area (Å²) >= 11 is 3.05. The SMILES string of the molecule is COc1cc(CO)c(-c2cn3ccc(N)nc3n2)cc1C#N.COc1cc(CO)c(C(=O)CBr)cc1C#N.COc1cc(CO)c(C(C)=O)cc1C#N.Nc1ccnc(N)n1. The standard InChI is InChI=1S/C15H13N5O2.C11H10BrNO3.C11H11NO3.C4H6N4/c1-22-13-5-10(8-21)11(4-9(13)6-16)12-7-20-3-2-14(17)19-15(20)18-12;1-16-11-3-8(6-14)9(10(15)4-12)2-7(11)5-13;1-7(14)10-3-8(5-12)11(15-2)4-9(10)6-13;5-3-1-2-7-4(6)8-3/h2-5,7,21H,8H2,1H3,(H2,17,18,19);2-3,14H,4,6H2,1H3;3-4,13H,6H2,1-2H3;1-2H,(H4,5,6,7,8). The molecule has 0 aliphatic carbocycles. The van der Waals surface area contributed by atoms with E-state index in [9.17, 15) is 20.0 Å². The molecule has 3 heterocycles. The van der Waals surface area contributed by atoms with Crippen LogP contribution in [-0.2, 0) is 19.8 Å². The van der Waals surface area contributed by atoms with Crippen molar-refractivity contribution in [3.05, 3.63) is 112 Å². The van der Waals surface area contributed by atoms with Gasteiger partial charge >= 0.3 is 0 Å². The number of aliphatic hydroxyl groups is 3.